The Morgan fingerprint density at radius 3 is 2.83 bits per heavy atom. The predicted octanol–water partition coefficient (Wildman–Crippen LogP) is 3.31. The van der Waals surface area contributed by atoms with Crippen LogP contribution in [0.1, 0.15) is 24.7 Å². The van der Waals surface area contributed by atoms with Gasteiger partial charge in [0.25, 0.3) is 6.47 Å². The van der Waals surface area contributed by atoms with Crippen LogP contribution in [0.4, 0.5) is 5.69 Å². The van der Waals surface area contributed by atoms with Gasteiger partial charge in [0.1, 0.15) is 5.82 Å². The van der Waals surface area contributed by atoms with E-state index in [1.807, 2.05) is 34.9 Å². The molecule has 2 aromatic heterocycles. The zero-order valence-electron chi connectivity index (χ0n) is 17.3. The molecule has 3 heterocycles. The summed E-state index contributed by atoms with van der Waals surface area (Å²) >= 11 is 1.89. The van der Waals surface area contributed by atoms with Gasteiger partial charge in [0.15, 0.2) is 0 Å². The number of nitrogens with zero attached hydrogens (tertiary/aromatic N) is 5. The van der Waals surface area contributed by atoms with Crippen molar-refractivity contribution in [2.45, 2.75) is 45.3 Å². The molecule has 0 bridgehead atoms. The van der Waals surface area contributed by atoms with E-state index in [0.29, 0.717) is 6.04 Å². The van der Waals surface area contributed by atoms with Crippen LogP contribution >= 0.6 is 11.8 Å². The number of carbonyl (C=O) groups is 1. The Kier molecular flexibility index (Phi) is 7.19. The van der Waals surface area contributed by atoms with E-state index in [1.54, 1.807) is 0 Å². The summed E-state index contributed by atoms with van der Waals surface area (Å²) in [6.07, 6.45) is 9.25. The molecule has 0 saturated heterocycles. The van der Waals surface area contributed by atoms with Crippen molar-refractivity contribution in [1.82, 2.24) is 19.3 Å². The van der Waals surface area contributed by atoms with Crippen molar-refractivity contribution in [1.29, 1.82) is 0 Å². The van der Waals surface area contributed by atoms with E-state index < -0.39 is 0 Å². The van der Waals surface area contributed by atoms with Crippen molar-refractivity contribution in [2.75, 3.05) is 24.0 Å². The molecule has 8 heteroatoms. The first kappa shape index (κ1) is 21.2. The molecule has 7 nitrogen and oxygen atoms in total. The molecule has 1 atom stereocenters. The van der Waals surface area contributed by atoms with Crippen molar-refractivity contribution in [3.05, 3.63) is 42.0 Å². The number of fused-ring (bicyclic) bond motifs is 3. The fraction of sp³-hybridized carbons (Fsp3) is 0.476. The molecule has 1 aromatic carbocycles. The number of thioether (sulfide) groups is 1. The Labute approximate surface area is 175 Å². The minimum absolute atomic E-state index is 0.250. The maximum absolute atomic E-state index is 8.36. The Bertz CT molecular complexity index is 938. The highest BCUT2D eigenvalue weighted by molar-refractivity contribution is 7.98. The van der Waals surface area contributed by atoms with E-state index in [-0.39, 0.29) is 6.47 Å². The van der Waals surface area contributed by atoms with Gasteiger partial charge in [-0.2, -0.15) is 16.9 Å². The van der Waals surface area contributed by atoms with Crippen LogP contribution in [0, 0.1) is 0 Å². The Morgan fingerprint density at radius 1 is 1.34 bits per heavy atom. The molecule has 0 spiro atoms. The Morgan fingerprint density at radius 2 is 2.14 bits per heavy atom. The standard InChI is InChI=1S/C20H27N5S.CH2O2/c1-15-5-6-16-17(23(15)2)7-8-18-20(16)22-19(25(18)13-14-26-3)9-12-24-11-4-10-21-24;2-1-3/h4,7-8,10-11,15H,5-6,9,12-14H2,1-3H3;1H,(H,2,3). The Hall–Kier alpha value is -2.48. The maximum Gasteiger partial charge on any atom is 0.290 e. The first-order valence-electron chi connectivity index (χ1n) is 9.88. The van der Waals surface area contributed by atoms with Gasteiger partial charge in [0.2, 0.25) is 0 Å². The van der Waals surface area contributed by atoms with Crippen LogP contribution < -0.4 is 4.90 Å². The highest BCUT2D eigenvalue weighted by Crippen LogP contribution is 2.35. The van der Waals surface area contributed by atoms with Crippen LogP contribution in [-0.2, 0) is 30.7 Å². The molecule has 3 aromatic rings. The lowest BCUT2D eigenvalue weighted by molar-refractivity contribution is -0.122. The molecule has 1 aliphatic heterocycles. The van der Waals surface area contributed by atoms with E-state index in [2.05, 4.69) is 46.9 Å². The molecule has 4 rings (SSSR count). The molecule has 0 aliphatic carbocycles. The highest BCUT2D eigenvalue weighted by atomic mass is 32.2. The first-order valence-corrected chi connectivity index (χ1v) is 11.3. The van der Waals surface area contributed by atoms with Crippen molar-refractivity contribution in [3.63, 3.8) is 0 Å². The van der Waals surface area contributed by atoms with E-state index in [0.717, 1.165) is 31.7 Å². The fourth-order valence-electron chi connectivity index (χ4n) is 3.92. The predicted molar refractivity (Wildman–Crippen MR) is 119 cm³/mol. The molecule has 0 fully saturated rings. The number of benzene rings is 1. The van der Waals surface area contributed by atoms with Crippen molar-refractivity contribution < 1.29 is 9.90 Å². The maximum atomic E-state index is 8.36. The number of aryl methyl sites for hydroxylation is 4. The van der Waals surface area contributed by atoms with Gasteiger partial charge in [-0.15, -0.1) is 0 Å². The summed E-state index contributed by atoms with van der Waals surface area (Å²) in [7, 11) is 2.21. The van der Waals surface area contributed by atoms with Crippen LogP contribution in [0.2, 0.25) is 0 Å². The average molecular weight is 416 g/mol. The zero-order chi connectivity index (χ0) is 20.8. The van der Waals surface area contributed by atoms with Gasteiger partial charge in [-0.3, -0.25) is 9.48 Å². The van der Waals surface area contributed by atoms with E-state index in [1.165, 1.54) is 34.5 Å². The average Bonchev–Trinajstić information content (AvgIpc) is 3.35. The second-order valence-electron chi connectivity index (χ2n) is 7.23. The number of hydrogen-bond donors (Lipinski definition) is 1. The topological polar surface area (TPSA) is 76.2 Å². The summed E-state index contributed by atoms with van der Waals surface area (Å²) in [5.41, 5.74) is 5.27. The monoisotopic (exact) mass is 415 g/mol. The van der Waals surface area contributed by atoms with Crippen molar-refractivity contribution in [2.24, 2.45) is 0 Å². The van der Waals surface area contributed by atoms with Crippen LogP contribution in [0.25, 0.3) is 11.0 Å². The number of carboxylic acid groups (broad SMARTS) is 1. The minimum Gasteiger partial charge on any atom is -0.483 e. The molecule has 0 radical (unpaired) electrons. The molecule has 0 saturated carbocycles. The van der Waals surface area contributed by atoms with Crippen molar-refractivity contribution in [3.8, 4) is 0 Å². The first-order chi connectivity index (χ1) is 14.1. The second kappa shape index (κ2) is 9.82. The van der Waals surface area contributed by atoms with Crippen LogP contribution in [0.15, 0.2) is 30.6 Å². The lowest BCUT2D eigenvalue weighted by Crippen LogP contribution is -2.33. The summed E-state index contributed by atoms with van der Waals surface area (Å²) in [6, 6.07) is 7.14. The summed E-state index contributed by atoms with van der Waals surface area (Å²) in [5.74, 6) is 2.29. The van der Waals surface area contributed by atoms with Gasteiger partial charge >= 0.3 is 0 Å². The van der Waals surface area contributed by atoms with Crippen LogP contribution in [0.5, 0.6) is 0 Å². The van der Waals surface area contributed by atoms with E-state index >= 15 is 0 Å². The van der Waals surface area contributed by atoms with Crippen LogP contribution in [-0.4, -0.2) is 56.0 Å². The zero-order valence-corrected chi connectivity index (χ0v) is 18.1. The molecule has 29 heavy (non-hydrogen) atoms. The number of hydrogen-bond acceptors (Lipinski definition) is 5. The molecule has 1 N–H and O–H groups in total. The van der Waals surface area contributed by atoms with E-state index in [9.17, 15) is 0 Å². The summed E-state index contributed by atoms with van der Waals surface area (Å²) in [6.45, 7) is 3.94. The third kappa shape index (κ3) is 4.58. The third-order valence-electron chi connectivity index (χ3n) is 5.58. The fourth-order valence-corrected chi connectivity index (χ4v) is 4.28. The summed E-state index contributed by atoms with van der Waals surface area (Å²) in [5, 5.41) is 11.2. The lowest BCUT2D eigenvalue weighted by atomic mass is 9.96. The summed E-state index contributed by atoms with van der Waals surface area (Å²) < 4.78 is 4.41. The number of rotatable bonds is 6. The number of imidazole rings is 1. The minimum atomic E-state index is -0.250. The number of aromatic nitrogens is 4. The molecule has 156 valence electrons. The molecule has 0 amide bonds. The molecular formula is C21H29N5O2S. The second-order valence-corrected chi connectivity index (χ2v) is 8.21. The number of anilines is 1. The molecular weight excluding hydrogens is 386 g/mol. The van der Waals surface area contributed by atoms with Crippen LogP contribution in [0.3, 0.4) is 0 Å². The van der Waals surface area contributed by atoms with Crippen molar-refractivity contribution >= 4 is 35.0 Å². The van der Waals surface area contributed by atoms with E-state index in [4.69, 9.17) is 14.9 Å². The van der Waals surface area contributed by atoms with Gasteiger partial charge < -0.3 is 14.6 Å². The normalized spacial score (nSPS) is 15.7. The summed E-state index contributed by atoms with van der Waals surface area (Å²) in [4.78, 5) is 15.9. The van der Waals surface area contributed by atoms with Gasteiger partial charge in [0.05, 0.1) is 11.0 Å². The third-order valence-corrected chi connectivity index (χ3v) is 6.17. The lowest BCUT2D eigenvalue weighted by Gasteiger charge is -2.33. The highest BCUT2D eigenvalue weighted by Gasteiger charge is 2.24. The van der Waals surface area contributed by atoms with Gasteiger partial charge in [-0.05, 0) is 44.2 Å². The van der Waals surface area contributed by atoms with Gasteiger partial charge in [-0.1, -0.05) is 0 Å². The SMILES string of the molecule is CSCCn1c(CCn2cccn2)nc2c3c(ccc21)N(C)C(C)CC3.O=CO. The molecule has 1 unspecified atom stereocenters. The Balaban J connectivity index is 0.000000755. The van der Waals surface area contributed by atoms with Gasteiger partial charge in [-0.25, -0.2) is 4.98 Å². The largest absolute Gasteiger partial charge is 0.483 e. The smallest absolute Gasteiger partial charge is 0.290 e. The quantitative estimate of drug-likeness (QED) is 0.623. The molecule has 1 aliphatic rings. The van der Waals surface area contributed by atoms with Gasteiger partial charge in [0, 0.05) is 62.0 Å².